The molecule has 0 bridgehead atoms. The SMILES string of the molecule is S=c1[nH]nc(-c2ccc(COc3ccc(Br)cc3)o2)n1C[C@H]1CCCO1. The molecule has 3 heterocycles. The molecule has 0 radical (unpaired) electrons. The molecule has 1 aliphatic rings. The van der Waals surface area contributed by atoms with Crippen LogP contribution in [0.5, 0.6) is 5.75 Å². The van der Waals surface area contributed by atoms with E-state index in [1.54, 1.807) is 0 Å². The molecule has 8 heteroatoms. The van der Waals surface area contributed by atoms with Gasteiger partial charge in [0.05, 0.1) is 12.6 Å². The van der Waals surface area contributed by atoms with Crippen LogP contribution in [0.2, 0.25) is 0 Å². The topological polar surface area (TPSA) is 65.2 Å². The van der Waals surface area contributed by atoms with Gasteiger partial charge in [-0.15, -0.1) is 0 Å². The Hall–Kier alpha value is -1.90. The van der Waals surface area contributed by atoms with Crippen LogP contribution in [-0.2, 0) is 17.9 Å². The van der Waals surface area contributed by atoms with E-state index in [1.807, 2.05) is 41.0 Å². The number of benzene rings is 1. The van der Waals surface area contributed by atoms with Crippen LogP contribution in [0.1, 0.15) is 18.6 Å². The summed E-state index contributed by atoms with van der Waals surface area (Å²) in [7, 11) is 0. The Morgan fingerprint density at radius 3 is 2.88 bits per heavy atom. The summed E-state index contributed by atoms with van der Waals surface area (Å²) in [5.74, 6) is 2.85. The van der Waals surface area contributed by atoms with Crippen molar-refractivity contribution in [2.45, 2.75) is 32.1 Å². The van der Waals surface area contributed by atoms with Crippen molar-refractivity contribution in [3.8, 4) is 17.3 Å². The van der Waals surface area contributed by atoms with Gasteiger partial charge in [-0.25, -0.2) is 0 Å². The van der Waals surface area contributed by atoms with Crippen molar-refractivity contribution in [1.29, 1.82) is 0 Å². The van der Waals surface area contributed by atoms with Gasteiger partial charge in [0.15, 0.2) is 16.4 Å². The molecular weight excluding hydrogens is 418 g/mol. The first-order valence-corrected chi connectivity index (χ1v) is 9.63. The lowest BCUT2D eigenvalue weighted by Gasteiger charge is -2.11. The number of hydrogen-bond acceptors (Lipinski definition) is 5. The van der Waals surface area contributed by atoms with Gasteiger partial charge in [-0.05, 0) is 61.5 Å². The smallest absolute Gasteiger partial charge is 0.198 e. The Bertz CT molecular complexity index is 926. The zero-order chi connectivity index (χ0) is 17.9. The number of H-pyrrole nitrogens is 1. The van der Waals surface area contributed by atoms with Gasteiger partial charge >= 0.3 is 0 Å². The number of rotatable bonds is 6. The van der Waals surface area contributed by atoms with E-state index in [0.717, 1.165) is 35.4 Å². The van der Waals surface area contributed by atoms with E-state index in [0.29, 0.717) is 29.5 Å². The van der Waals surface area contributed by atoms with Gasteiger partial charge in [-0.3, -0.25) is 9.67 Å². The average Bonchev–Trinajstić information content (AvgIpc) is 3.38. The van der Waals surface area contributed by atoms with E-state index in [4.69, 9.17) is 26.1 Å². The molecule has 0 aliphatic carbocycles. The Labute approximate surface area is 164 Å². The number of furan rings is 1. The quantitative estimate of drug-likeness (QED) is 0.567. The lowest BCUT2D eigenvalue weighted by molar-refractivity contribution is 0.0969. The minimum atomic E-state index is 0.174. The minimum absolute atomic E-state index is 0.174. The molecule has 136 valence electrons. The molecule has 1 aromatic carbocycles. The Morgan fingerprint density at radius 1 is 1.27 bits per heavy atom. The molecule has 1 atom stereocenters. The molecule has 0 amide bonds. The number of aromatic amines is 1. The van der Waals surface area contributed by atoms with Gasteiger partial charge in [-0.2, -0.15) is 5.10 Å². The molecule has 3 aromatic rings. The molecule has 26 heavy (non-hydrogen) atoms. The van der Waals surface area contributed by atoms with E-state index in [1.165, 1.54) is 0 Å². The summed E-state index contributed by atoms with van der Waals surface area (Å²) in [6.45, 7) is 1.83. The fraction of sp³-hybridized carbons (Fsp3) is 0.333. The van der Waals surface area contributed by atoms with Gasteiger partial charge in [0.25, 0.3) is 0 Å². The zero-order valence-electron chi connectivity index (χ0n) is 14.0. The van der Waals surface area contributed by atoms with E-state index in [-0.39, 0.29) is 6.10 Å². The maximum absolute atomic E-state index is 5.91. The molecule has 0 unspecified atom stereocenters. The lowest BCUT2D eigenvalue weighted by Crippen LogP contribution is -2.15. The van der Waals surface area contributed by atoms with Crippen LogP contribution in [0, 0.1) is 4.77 Å². The van der Waals surface area contributed by atoms with Crippen molar-refractivity contribution in [3.63, 3.8) is 0 Å². The van der Waals surface area contributed by atoms with Crippen LogP contribution in [0.4, 0.5) is 0 Å². The van der Waals surface area contributed by atoms with Crippen LogP contribution in [0.15, 0.2) is 45.3 Å². The molecule has 1 aliphatic heterocycles. The van der Waals surface area contributed by atoms with Crippen molar-refractivity contribution in [2.75, 3.05) is 6.61 Å². The second-order valence-corrected chi connectivity index (χ2v) is 7.41. The summed E-state index contributed by atoms with van der Waals surface area (Å²) in [5.41, 5.74) is 0. The molecule has 2 aromatic heterocycles. The second kappa shape index (κ2) is 7.77. The largest absolute Gasteiger partial charge is 0.486 e. The first kappa shape index (κ1) is 17.5. The minimum Gasteiger partial charge on any atom is -0.486 e. The van der Waals surface area contributed by atoms with Crippen LogP contribution in [0.3, 0.4) is 0 Å². The molecule has 1 fully saturated rings. The number of ether oxygens (including phenoxy) is 2. The molecule has 1 saturated heterocycles. The van der Waals surface area contributed by atoms with Gasteiger partial charge in [0, 0.05) is 11.1 Å². The molecule has 0 saturated carbocycles. The fourth-order valence-electron chi connectivity index (χ4n) is 2.93. The van der Waals surface area contributed by atoms with Crippen LogP contribution >= 0.6 is 28.1 Å². The predicted octanol–water partition coefficient (Wildman–Crippen LogP) is 4.72. The summed E-state index contributed by atoms with van der Waals surface area (Å²) in [4.78, 5) is 0. The van der Waals surface area contributed by atoms with E-state index in [2.05, 4.69) is 26.1 Å². The summed E-state index contributed by atoms with van der Waals surface area (Å²) in [5, 5.41) is 7.17. The molecule has 0 spiro atoms. The number of hydrogen-bond donors (Lipinski definition) is 1. The zero-order valence-corrected chi connectivity index (χ0v) is 16.4. The van der Waals surface area contributed by atoms with Crippen molar-refractivity contribution >= 4 is 28.1 Å². The summed E-state index contributed by atoms with van der Waals surface area (Å²) < 4.78 is 20.9. The highest BCUT2D eigenvalue weighted by Gasteiger charge is 2.20. The monoisotopic (exact) mass is 435 g/mol. The summed E-state index contributed by atoms with van der Waals surface area (Å²) in [6, 6.07) is 11.5. The standard InChI is InChI=1S/C18H18BrN3O3S/c19-12-3-5-13(6-4-12)24-11-15-7-8-16(25-15)17-20-21-18(26)22(17)10-14-2-1-9-23-14/h3-8,14H,1-2,9-11H2,(H,21,26)/t14-/m1/s1. The van der Waals surface area contributed by atoms with E-state index < -0.39 is 0 Å². The molecular formula is C18H18BrN3O3S. The Kier molecular flexibility index (Phi) is 5.23. The predicted molar refractivity (Wildman–Crippen MR) is 103 cm³/mol. The van der Waals surface area contributed by atoms with Crippen LogP contribution < -0.4 is 4.74 Å². The average molecular weight is 436 g/mol. The van der Waals surface area contributed by atoms with Crippen molar-refractivity contribution in [1.82, 2.24) is 14.8 Å². The highest BCUT2D eigenvalue weighted by molar-refractivity contribution is 9.10. The van der Waals surface area contributed by atoms with Crippen LogP contribution in [-0.4, -0.2) is 27.5 Å². The highest BCUT2D eigenvalue weighted by atomic mass is 79.9. The van der Waals surface area contributed by atoms with Crippen LogP contribution in [0.25, 0.3) is 11.6 Å². The highest BCUT2D eigenvalue weighted by Crippen LogP contribution is 2.24. The second-order valence-electron chi connectivity index (χ2n) is 6.11. The fourth-order valence-corrected chi connectivity index (χ4v) is 3.40. The Morgan fingerprint density at radius 2 is 2.12 bits per heavy atom. The first-order chi connectivity index (χ1) is 12.7. The number of halogens is 1. The van der Waals surface area contributed by atoms with Crippen molar-refractivity contribution in [3.05, 3.63) is 51.4 Å². The van der Waals surface area contributed by atoms with Gasteiger partial charge < -0.3 is 13.9 Å². The maximum Gasteiger partial charge on any atom is 0.198 e. The van der Waals surface area contributed by atoms with E-state index >= 15 is 0 Å². The third-order valence-electron chi connectivity index (χ3n) is 4.25. The summed E-state index contributed by atoms with van der Waals surface area (Å²) in [6.07, 6.45) is 2.30. The maximum atomic E-state index is 5.91. The van der Waals surface area contributed by atoms with Crippen molar-refractivity contribution in [2.24, 2.45) is 0 Å². The van der Waals surface area contributed by atoms with Gasteiger partial charge in [-0.1, -0.05) is 15.9 Å². The lowest BCUT2D eigenvalue weighted by atomic mass is 10.2. The number of nitrogens with one attached hydrogen (secondary N) is 1. The number of nitrogens with zero attached hydrogens (tertiary/aromatic N) is 2. The van der Waals surface area contributed by atoms with Crippen molar-refractivity contribution < 1.29 is 13.9 Å². The summed E-state index contributed by atoms with van der Waals surface area (Å²) >= 11 is 8.77. The third kappa shape index (κ3) is 3.92. The Balaban J connectivity index is 1.47. The third-order valence-corrected chi connectivity index (χ3v) is 5.09. The normalized spacial score (nSPS) is 16.9. The van der Waals surface area contributed by atoms with E-state index in [9.17, 15) is 0 Å². The molecule has 4 rings (SSSR count). The van der Waals surface area contributed by atoms with Gasteiger partial charge in [0.2, 0.25) is 0 Å². The number of aromatic nitrogens is 3. The molecule has 6 nitrogen and oxygen atoms in total. The first-order valence-electron chi connectivity index (χ1n) is 8.43. The van der Waals surface area contributed by atoms with Gasteiger partial charge in [0.1, 0.15) is 18.1 Å². The molecule has 1 N–H and O–H groups in total.